The van der Waals surface area contributed by atoms with E-state index in [2.05, 4.69) is 9.88 Å². The molecule has 0 saturated carbocycles. The molecule has 1 aliphatic heterocycles. The van der Waals surface area contributed by atoms with Crippen LogP contribution in [-0.2, 0) is 6.54 Å². The number of aliphatic hydroxyl groups excluding tert-OH is 1. The lowest BCUT2D eigenvalue weighted by molar-refractivity contribution is 0.0668. The van der Waals surface area contributed by atoms with Gasteiger partial charge in [-0.15, -0.1) is 0 Å². The number of piperidine rings is 1. The maximum Gasteiger partial charge on any atom is 0.123 e. The van der Waals surface area contributed by atoms with Crippen molar-refractivity contribution in [2.24, 2.45) is 0 Å². The zero-order chi connectivity index (χ0) is 10.7. The Morgan fingerprint density at radius 3 is 3.07 bits per heavy atom. The maximum absolute atomic E-state index is 9.52. The van der Waals surface area contributed by atoms with Gasteiger partial charge in [-0.25, -0.2) is 4.98 Å². The number of anilines is 1. The van der Waals surface area contributed by atoms with E-state index in [1.54, 1.807) is 6.20 Å². The Kier molecular flexibility index (Phi) is 3.18. The number of hydrogen-bond donors (Lipinski definition) is 2. The molecule has 4 heteroatoms. The van der Waals surface area contributed by atoms with E-state index in [4.69, 9.17) is 5.73 Å². The van der Waals surface area contributed by atoms with Gasteiger partial charge in [0.25, 0.3) is 0 Å². The second kappa shape index (κ2) is 4.59. The van der Waals surface area contributed by atoms with E-state index in [-0.39, 0.29) is 6.10 Å². The molecular weight excluding hydrogens is 190 g/mol. The minimum Gasteiger partial charge on any atom is -0.392 e. The fourth-order valence-electron chi connectivity index (χ4n) is 1.96. The van der Waals surface area contributed by atoms with Gasteiger partial charge in [0, 0.05) is 19.3 Å². The molecular formula is C11H17N3O. The van der Waals surface area contributed by atoms with Crippen molar-refractivity contribution in [3.8, 4) is 0 Å². The van der Waals surface area contributed by atoms with Crippen molar-refractivity contribution in [1.29, 1.82) is 0 Å². The molecule has 1 aliphatic rings. The summed E-state index contributed by atoms with van der Waals surface area (Å²) < 4.78 is 0. The molecule has 0 aromatic carbocycles. The van der Waals surface area contributed by atoms with Gasteiger partial charge in [-0.3, -0.25) is 4.90 Å². The monoisotopic (exact) mass is 207 g/mol. The number of aliphatic hydroxyl groups is 1. The molecule has 1 unspecified atom stereocenters. The lowest BCUT2D eigenvalue weighted by Crippen LogP contribution is -2.37. The van der Waals surface area contributed by atoms with Crippen molar-refractivity contribution < 1.29 is 5.11 Å². The van der Waals surface area contributed by atoms with Crippen molar-refractivity contribution >= 4 is 5.82 Å². The van der Waals surface area contributed by atoms with Gasteiger partial charge in [0.05, 0.1) is 6.10 Å². The highest BCUT2D eigenvalue weighted by atomic mass is 16.3. The highest BCUT2D eigenvalue weighted by Gasteiger charge is 2.17. The lowest BCUT2D eigenvalue weighted by Gasteiger charge is -2.29. The average molecular weight is 207 g/mol. The molecule has 0 amide bonds. The lowest BCUT2D eigenvalue weighted by atomic mass is 10.1. The third-order valence-electron chi connectivity index (χ3n) is 2.73. The first kappa shape index (κ1) is 10.4. The van der Waals surface area contributed by atoms with Gasteiger partial charge in [-0.2, -0.15) is 0 Å². The molecule has 0 radical (unpaired) electrons. The molecule has 2 heterocycles. The molecule has 4 nitrogen and oxygen atoms in total. The van der Waals surface area contributed by atoms with Crippen LogP contribution in [0.3, 0.4) is 0 Å². The van der Waals surface area contributed by atoms with E-state index in [0.717, 1.165) is 38.0 Å². The molecule has 1 aromatic rings. The number of hydrogen-bond acceptors (Lipinski definition) is 4. The van der Waals surface area contributed by atoms with Crippen LogP contribution in [0, 0.1) is 0 Å². The summed E-state index contributed by atoms with van der Waals surface area (Å²) >= 11 is 0. The van der Waals surface area contributed by atoms with Crippen LogP contribution < -0.4 is 5.73 Å². The third kappa shape index (κ3) is 2.91. The zero-order valence-electron chi connectivity index (χ0n) is 8.76. The largest absolute Gasteiger partial charge is 0.392 e. The van der Waals surface area contributed by atoms with Gasteiger partial charge >= 0.3 is 0 Å². The first-order valence-corrected chi connectivity index (χ1v) is 5.35. The fourth-order valence-corrected chi connectivity index (χ4v) is 1.96. The van der Waals surface area contributed by atoms with Crippen LogP contribution in [0.5, 0.6) is 0 Å². The Labute approximate surface area is 89.7 Å². The van der Waals surface area contributed by atoms with E-state index >= 15 is 0 Å². The van der Waals surface area contributed by atoms with Gasteiger partial charge in [0.15, 0.2) is 0 Å². The molecule has 82 valence electrons. The predicted molar refractivity (Wildman–Crippen MR) is 59.2 cm³/mol. The first-order chi connectivity index (χ1) is 7.24. The van der Waals surface area contributed by atoms with E-state index < -0.39 is 0 Å². The topological polar surface area (TPSA) is 62.4 Å². The smallest absolute Gasteiger partial charge is 0.123 e. The minimum absolute atomic E-state index is 0.166. The molecule has 0 aliphatic carbocycles. The predicted octanol–water partition coefficient (Wildman–Crippen LogP) is 0.621. The van der Waals surface area contributed by atoms with Crippen molar-refractivity contribution in [2.75, 3.05) is 18.8 Å². The third-order valence-corrected chi connectivity index (χ3v) is 2.73. The molecule has 3 N–H and O–H groups in total. The number of likely N-dealkylation sites (tertiary alicyclic amines) is 1. The van der Waals surface area contributed by atoms with Crippen LogP contribution in [0.25, 0.3) is 0 Å². The Hall–Kier alpha value is -1.13. The van der Waals surface area contributed by atoms with Crippen LogP contribution in [-0.4, -0.2) is 34.2 Å². The van der Waals surface area contributed by atoms with Crippen LogP contribution in [0.2, 0.25) is 0 Å². The molecule has 1 saturated heterocycles. The molecule has 1 aromatic heterocycles. The van der Waals surface area contributed by atoms with Gasteiger partial charge in [-0.05, 0) is 31.0 Å². The number of rotatable bonds is 2. The standard InChI is InChI=1S/C11H17N3O/c12-11-4-3-9(6-13-11)7-14-5-1-2-10(15)8-14/h3-4,6,10,15H,1-2,5,7-8H2,(H2,12,13). The van der Waals surface area contributed by atoms with Crippen molar-refractivity contribution in [3.63, 3.8) is 0 Å². The molecule has 0 bridgehead atoms. The van der Waals surface area contributed by atoms with Crippen LogP contribution in [0.1, 0.15) is 18.4 Å². The second-order valence-electron chi connectivity index (χ2n) is 4.12. The molecule has 15 heavy (non-hydrogen) atoms. The van der Waals surface area contributed by atoms with Crippen LogP contribution >= 0.6 is 0 Å². The number of pyridine rings is 1. The Balaban J connectivity index is 1.93. The van der Waals surface area contributed by atoms with Gasteiger partial charge < -0.3 is 10.8 Å². The zero-order valence-corrected chi connectivity index (χ0v) is 8.76. The quantitative estimate of drug-likeness (QED) is 0.746. The van der Waals surface area contributed by atoms with Crippen molar-refractivity contribution in [3.05, 3.63) is 23.9 Å². The van der Waals surface area contributed by atoms with Crippen molar-refractivity contribution in [2.45, 2.75) is 25.5 Å². The molecule has 1 fully saturated rings. The SMILES string of the molecule is Nc1ccc(CN2CCCC(O)C2)cn1. The number of nitrogen functional groups attached to an aromatic ring is 1. The summed E-state index contributed by atoms with van der Waals surface area (Å²) in [5, 5.41) is 9.52. The second-order valence-corrected chi connectivity index (χ2v) is 4.12. The first-order valence-electron chi connectivity index (χ1n) is 5.35. The van der Waals surface area contributed by atoms with E-state index in [9.17, 15) is 5.11 Å². The summed E-state index contributed by atoms with van der Waals surface area (Å²) in [6, 6.07) is 3.80. The van der Waals surface area contributed by atoms with Crippen LogP contribution in [0.4, 0.5) is 5.82 Å². The maximum atomic E-state index is 9.52. The molecule has 1 atom stereocenters. The van der Waals surface area contributed by atoms with Gasteiger partial charge in [0.2, 0.25) is 0 Å². The molecule has 0 spiro atoms. The number of nitrogens with zero attached hydrogens (tertiary/aromatic N) is 2. The van der Waals surface area contributed by atoms with E-state index in [0.29, 0.717) is 5.82 Å². The fraction of sp³-hybridized carbons (Fsp3) is 0.545. The summed E-state index contributed by atoms with van der Waals surface area (Å²) in [4.78, 5) is 6.30. The minimum atomic E-state index is -0.166. The Bertz CT molecular complexity index is 312. The average Bonchev–Trinajstić information content (AvgIpc) is 2.22. The normalized spacial score (nSPS) is 22.9. The number of nitrogens with two attached hydrogens (primary N) is 1. The van der Waals surface area contributed by atoms with E-state index in [1.165, 1.54) is 0 Å². The summed E-state index contributed by atoms with van der Waals surface area (Å²) in [6.45, 7) is 2.68. The van der Waals surface area contributed by atoms with Crippen molar-refractivity contribution in [1.82, 2.24) is 9.88 Å². The highest BCUT2D eigenvalue weighted by Crippen LogP contribution is 2.13. The number of aromatic nitrogens is 1. The van der Waals surface area contributed by atoms with E-state index in [1.807, 2.05) is 12.1 Å². The van der Waals surface area contributed by atoms with Gasteiger partial charge in [-0.1, -0.05) is 6.07 Å². The summed E-state index contributed by atoms with van der Waals surface area (Å²) in [6.07, 6.45) is 3.64. The Morgan fingerprint density at radius 2 is 2.40 bits per heavy atom. The summed E-state index contributed by atoms with van der Waals surface area (Å²) in [7, 11) is 0. The highest BCUT2D eigenvalue weighted by molar-refractivity contribution is 5.29. The van der Waals surface area contributed by atoms with Gasteiger partial charge in [0.1, 0.15) is 5.82 Å². The summed E-state index contributed by atoms with van der Waals surface area (Å²) in [5.74, 6) is 0.553. The molecule has 2 rings (SSSR count). The number of β-amino-alcohol motifs (C(OH)–C–C–N with tert-alkyl or cyclic N) is 1. The summed E-state index contributed by atoms with van der Waals surface area (Å²) in [5.41, 5.74) is 6.67. The van der Waals surface area contributed by atoms with Crippen LogP contribution in [0.15, 0.2) is 18.3 Å². The Morgan fingerprint density at radius 1 is 1.53 bits per heavy atom.